The monoisotopic (exact) mass is 241 g/mol. The van der Waals surface area contributed by atoms with Crippen LogP contribution >= 0.6 is 0 Å². The Bertz CT molecular complexity index is 199. The molecule has 102 valence electrons. The van der Waals surface area contributed by atoms with Crippen LogP contribution in [0.2, 0.25) is 0 Å². The van der Waals surface area contributed by atoms with Gasteiger partial charge in [-0.1, -0.05) is 26.7 Å². The Morgan fingerprint density at radius 2 is 1.29 bits per heavy atom. The molecule has 2 heteroatoms. The second kappa shape index (κ2) is 6.75. The van der Waals surface area contributed by atoms with E-state index in [1.54, 1.807) is 0 Å². The molecule has 1 heterocycles. The van der Waals surface area contributed by atoms with Gasteiger partial charge in [-0.15, -0.1) is 0 Å². The molecular weight excluding hydrogens is 210 g/mol. The summed E-state index contributed by atoms with van der Waals surface area (Å²) in [5.41, 5.74) is 0. The summed E-state index contributed by atoms with van der Waals surface area (Å²) in [5, 5.41) is 0. The first-order chi connectivity index (χ1) is 8.02. The molecule has 0 saturated carbocycles. The standard InChI is InChI=1S/C15H31NO/c1-7-9-15(10-8-2)16-11(3)13(5)17-14(6)12(16)4/h11-15H,7-10H2,1-6H3. The third-order valence-corrected chi connectivity index (χ3v) is 4.39. The van der Waals surface area contributed by atoms with Crippen molar-refractivity contribution in [1.29, 1.82) is 0 Å². The molecule has 0 aromatic rings. The minimum absolute atomic E-state index is 0.359. The highest BCUT2D eigenvalue weighted by atomic mass is 16.5. The van der Waals surface area contributed by atoms with Crippen molar-refractivity contribution in [2.24, 2.45) is 0 Å². The van der Waals surface area contributed by atoms with E-state index in [9.17, 15) is 0 Å². The fraction of sp³-hybridized carbons (Fsp3) is 1.00. The molecule has 1 aliphatic heterocycles. The van der Waals surface area contributed by atoms with Gasteiger partial charge >= 0.3 is 0 Å². The maximum Gasteiger partial charge on any atom is 0.0704 e. The van der Waals surface area contributed by atoms with Crippen LogP contribution in [0.25, 0.3) is 0 Å². The Kier molecular flexibility index (Phi) is 5.94. The Morgan fingerprint density at radius 1 is 0.882 bits per heavy atom. The molecule has 1 rings (SSSR count). The van der Waals surface area contributed by atoms with Crippen molar-refractivity contribution in [2.75, 3.05) is 0 Å². The quantitative estimate of drug-likeness (QED) is 0.725. The Balaban J connectivity index is 2.80. The lowest BCUT2D eigenvalue weighted by atomic mass is 9.95. The number of hydrogen-bond acceptors (Lipinski definition) is 2. The summed E-state index contributed by atoms with van der Waals surface area (Å²) in [6.07, 6.45) is 5.92. The minimum Gasteiger partial charge on any atom is -0.372 e. The number of nitrogens with zero attached hydrogens (tertiary/aromatic N) is 1. The summed E-state index contributed by atoms with van der Waals surface area (Å²) >= 11 is 0. The molecule has 17 heavy (non-hydrogen) atoms. The summed E-state index contributed by atoms with van der Waals surface area (Å²) in [6.45, 7) is 13.7. The SMILES string of the molecule is CCCC(CCC)N1C(C)C(C)OC(C)C1C. The predicted octanol–water partition coefficient (Wildman–Crippen LogP) is 3.84. The normalized spacial score (nSPS) is 35.5. The van der Waals surface area contributed by atoms with Crippen LogP contribution in [0.3, 0.4) is 0 Å². The molecule has 1 fully saturated rings. The van der Waals surface area contributed by atoms with E-state index >= 15 is 0 Å². The van der Waals surface area contributed by atoms with E-state index in [0.29, 0.717) is 24.3 Å². The van der Waals surface area contributed by atoms with Gasteiger partial charge in [0.2, 0.25) is 0 Å². The highest BCUT2D eigenvalue weighted by Gasteiger charge is 2.38. The summed E-state index contributed by atoms with van der Waals surface area (Å²) in [4.78, 5) is 2.73. The number of morpholine rings is 1. The van der Waals surface area contributed by atoms with Crippen LogP contribution in [0.5, 0.6) is 0 Å². The van der Waals surface area contributed by atoms with E-state index < -0.39 is 0 Å². The Labute approximate surface area is 108 Å². The van der Waals surface area contributed by atoms with Crippen molar-refractivity contribution in [3.05, 3.63) is 0 Å². The predicted molar refractivity (Wildman–Crippen MR) is 74.4 cm³/mol. The third kappa shape index (κ3) is 3.45. The van der Waals surface area contributed by atoms with Gasteiger partial charge in [0.05, 0.1) is 12.2 Å². The second-order valence-corrected chi connectivity index (χ2v) is 5.71. The van der Waals surface area contributed by atoms with Crippen LogP contribution in [0.4, 0.5) is 0 Å². The highest BCUT2D eigenvalue weighted by Crippen LogP contribution is 2.29. The molecule has 4 unspecified atom stereocenters. The van der Waals surface area contributed by atoms with Gasteiger partial charge < -0.3 is 4.74 Å². The van der Waals surface area contributed by atoms with Crippen LogP contribution in [-0.4, -0.2) is 35.2 Å². The van der Waals surface area contributed by atoms with E-state index in [0.717, 1.165) is 6.04 Å². The van der Waals surface area contributed by atoms with Crippen LogP contribution < -0.4 is 0 Å². The van der Waals surface area contributed by atoms with E-state index in [1.807, 2.05) is 0 Å². The third-order valence-electron chi connectivity index (χ3n) is 4.39. The summed E-state index contributed by atoms with van der Waals surface area (Å²) in [6, 6.07) is 1.83. The lowest BCUT2D eigenvalue weighted by molar-refractivity contribution is -0.144. The molecule has 0 spiro atoms. The average Bonchev–Trinajstić information content (AvgIpc) is 2.27. The van der Waals surface area contributed by atoms with E-state index in [4.69, 9.17) is 4.74 Å². The highest BCUT2D eigenvalue weighted by molar-refractivity contribution is 4.91. The van der Waals surface area contributed by atoms with Crippen LogP contribution in [0.15, 0.2) is 0 Å². The van der Waals surface area contributed by atoms with Crippen molar-refractivity contribution in [3.8, 4) is 0 Å². The van der Waals surface area contributed by atoms with Crippen molar-refractivity contribution in [2.45, 2.75) is 97.6 Å². The Hall–Kier alpha value is -0.0800. The molecule has 0 bridgehead atoms. The van der Waals surface area contributed by atoms with Gasteiger partial charge in [-0.2, -0.15) is 0 Å². The molecule has 0 aromatic carbocycles. The Morgan fingerprint density at radius 3 is 1.65 bits per heavy atom. The zero-order valence-corrected chi connectivity index (χ0v) is 12.6. The topological polar surface area (TPSA) is 12.5 Å². The molecule has 2 nitrogen and oxygen atoms in total. The molecule has 0 aromatic heterocycles. The van der Waals surface area contributed by atoms with Crippen LogP contribution in [-0.2, 0) is 4.74 Å². The first-order valence-electron chi connectivity index (χ1n) is 7.45. The van der Waals surface area contributed by atoms with Crippen LogP contribution in [0.1, 0.15) is 67.2 Å². The van der Waals surface area contributed by atoms with Gasteiger partial charge in [0.1, 0.15) is 0 Å². The summed E-state index contributed by atoms with van der Waals surface area (Å²) in [5.74, 6) is 0. The van der Waals surface area contributed by atoms with E-state index in [1.165, 1.54) is 25.7 Å². The van der Waals surface area contributed by atoms with Crippen LogP contribution in [0, 0.1) is 0 Å². The smallest absolute Gasteiger partial charge is 0.0704 e. The summed E-state index contributed by atoms with van der Waals surface area (Å²) in [7, 11) is 0. The van der Waals surface area contributed by atoms with Crippen molar-refractivity contribution in [3.63, 3.8) is 0 Å². The second-order valence-electron chi connectivity index (χ2n) is 5.71. The van der Waals surface area contributed by atoms with Crippen molar-refractivity contribution >= 4 is 0 Å². The maximum atomic E-state index is 6.01. The first-order valence-corrected chi connectivity index (χ1v) is 7.45. The van der Waals surface area contributed by atoms with E-state index in [2.05, 4.69) is 46.4 Å². The molecule has 0 amide bonds. The summed E-state index contributed by atoms with van der Waals surface area (Å²) < 4.78 is 6.01. The number of hydrogen-bond donors (Lipinski definition) is 0. The minimum atomic E-state index is 0.359. The molecule has 4 atom stereocenters. The molecule has 1 saturated heterocycles. The molecule has 0 N–H and O–H groups in total. The number of ether oxygens (including phenoxy) is 1. The van der Waals surface area contributed by atoms with Crippen molar-refractivity contribution in [1.82, 2.24) is 4.90 Å². The van der Waals surface area contributed by atoms with Gasteiger partial charge in [-0.05, 0) is 40.5 Å². The molecular formula is C15H31NO. The van der Waals surface area contributed by atoms with E-state index in [-0.39, 0.29) is 0 Å². The van der Waals surface area contributed by atoms with Gasteiger partial charge in [-0.3, -0.25) is 4.90 Å². The first kappa shape index (κ1) is 15.0. The molecule has 0 radical (unpaired) electrons. The fourth-order valence-electron chi connectivity index (χ4n) is 3.20. The lowest BCUT2D eigenvalue weighted by Crippen LogP contribution is -2.60. The zero-order valence-electron chi connectivity index (χ0n) is 12.6. The maximum absolute atomic E-state index is 6.01. The van der Waals surface area contributed by atoms with Gasteiger partial charge in [-0.25, -0.2) is 0 Å². The van der Waals surface area contributed by atoms with Gasteiger partial charge in [0.25, 0.3) is 0 Å². The average molecular weight is 241 g/mol. The largest absolute Gasteiger partial charge is 0.372 e. The molecule has 1 aliphatic rings. The number of rotatable bonds is 5. The van der Waals surface area contributed by atoms with Gasteiger partial charge in [0.15, 0.2) is 0 Å². The van der Waals surface area contributed by atoms with Gasteiger partial charge in [0, 0.05) is 18.1 Å². The lowest BCUT2D eigenvalue weighted by Gasteiger charge is -2.50. The van der Waals surface area contributed by atoms with Crippen molar-refractivity contribution < 1.29 is 4.74 Å². The zero-order chi connectivity index (χ0) is 13.0. The molecule has 0 aliphatic carbocycles. The fourth-order valence-corrected chi connectivity index (χ4v) is 3.20.